The van der Waals surface area contributed by atoms with E-state index in [-0.39, 0.29) is 40.2 Å². The van der Waals surface area contributed by atoms with Gasteiger partial charge < -0.3 is 14.8 Å². The number of hydrogen-bond donors (Lipinski definition) is 2. The number of amides is 2. The molecule has 8 atom stereocenters. The van der Waals surface area contributed by atoms with Crippen molar-refractivity contribution in [1.29, 1.82) is 0 Å². The molecule has 2 bridgehead atoms. The van der Waals surface area contributed by atoms with Gasteiger partial charge in [0.15, 0.2) is 0 Å². The summed E-state index contributed by atoms with van der Waals surface area (Å²) in [5, 5.41) is 21.9. The fourth-order valence-corrected chi connectivity index (χ4v) is 10.5. The Hall–Kier alpha value is -4.04. The number of likely N-dealkylation sites (tertiary alicyclic amines) is 1. The lowest BCUT2D eigenvalue weighted by Crippen LogP contribution is -2.44. The number of imide groups is 1. The normalized spacial score (nSPS) is 29.3. The van der Waals surface area contributed by atoms with Gasteiger partial charge in [0, 0.05) is 33.7 Å². The Bertz CT molecular complexity index is 1760. The van der Waals surface area contributed by atoms with E-state index in [2.05, 4.69) is 4.98 Å². The van der Waals surface area contributed by atoms with E-state index in [1.165, 1.54) is 49.0 Å². The number of nitrogens with zero attached hydrogens (tertiary/aromatic N) is 2. The van der Waals surface area contributed by atoms with Gasteiger partial charge in [-0.05, 0) is 54.9 Å². The highest BCUT2D eigenvalue weighted by Gasteiger charge is 2.70. The molecule has 14 heteroatoms. The molecule has 2 aliphatic carbocycles. The van der Waals surface area contributed by atoms with Crippen LogP contribution in [0.1, 0.15) is 35.3 Å². The predicted octanol–water partition coefficient (Wildman–Crippen LogP) is 4.01. The number of nitrogens with one attached hydrogen (secondary N) is 1. The first-order valence-corrected chi connectivity index (χ1v) is 15.4. The standard InChI is InChI=1S/C29H24FN3O8S2/c1-11(28(36)37)32-26(34)21-16-9-17(22(21)27(32)35)23-20(16)19(24-25(42-23)31-29(38)43-24)15-8-14(33(39)40)6-7-18(15)41-10-12-2-4-13(30)5-3-12/h2-8,11,16-17,19-23H,9-10H2,1H3,(H,31,38)(H,36,37)/t11-,16-,17+,19+,20+,21+,22+,23-/m1/s1. The maximum absolute atomic E-state index is 13.6. The number of rotatable bonds is 7. The molecule has 3 heterocycles. The van der Waals surface area contributed by atoms with E-state index < -0.39 is 52.3 Å². The van der Waals surface area contributed by atoms with Gasteiger partial charge in [-0.3, -0.25) is 29.4 Å². The first kappa shape index (κ1) is 27.8. The lowest BCUT2D eigenvalue weighted by atomic mass is 9.68. The van der Waals surface area contributed by atoms with Gasteiger partial charge in [0.05, 0.1) is 21.8 Å². The van der Waals surface area contributed by atoms with Crippen LogP contribution in [0.2, 0.25) is 0 Å². The Kier molecular flexibility index (Phi) is 6.47. The average molecular weight is 626 g/mol. The van der Waals surface area contributed by atoms with Gasteiger partial charge in [-0.25, -0.2) is 9.18 Å². The SMILES string of the molecule is C[C@H](C(=O)O)N1C(=O)[C@H]2[C@@H]3C[C@@H]([C@@H]2C1=O)[C@H]1[C@H](c2cc([N+](=O)[O-])ccc2OCc2ccc(F)cc2)c2sc(=O)[nH]c2S[C@H]31. The minimum Gasteiger partial charge on any atom is -0.489 e. The molecule has 222 valence electrons. The Morgan fingerprint density at radius 1 is 1.16 bits per heavy atom. The number of carbonyl (C=O) groups is 3. The molecule has 1 saturated heterocycles. The molecule has 4 aliphatic rings. The summed E-state index contributed by atoms with van der Waals surface area (Å²) in [6.45, 7) is 1.38. The number of carbonyl (C=O) groups excluding carboxylic acids is 2. The number of aliphatic carboxylic acids is 1. The van der Waals surface area contributed by atoms with Crippen LogP contribution in [0.4, 0.5) is 10.1 Å². The van der Waals surface area contributed by atoms with Gasteiger partial charge in [-0.1, -0.05) is 23.5 Å². The van der Waals surface area contributed by atoms with Gasteiger partial charge >= 0.3 is 10.8 Å². The Morgan fingerprint density at radius 3 is 2.53 bits per heavy atom. The Balaban J connectivity index is 1.33. The number of non-ortho nitro benzene ring substituents is 1. The second kappa shape index (κ2) is 10.0. The summed E-state index contributed by atoms with van der Waals surface area (Å²) in [7, 11) is 0. The maximum atomic E-state index is 13.6. The quantitative estimate of drug-likeness (QED) is 0.225. The lowest BCUT2D eigenvalue weighted by molar-refractivity contribution is -0.385. The number of thioether (sulfide) groups is 1. The number of ether oxygens (including phenoxy) is 1. The Morgan fingerprint density at radius 2 is 1.86 bits per heavy atom. The number of nitro benzene ring substituents is 1. The number of carboxylic acids is 1. The van der Waals surface area contributed by atoms with Crippen molar-refractivity contribution in [2.24, 2.45) is 29.6 Å². The van der Waals surface area contributed by atoms with Crippen molar-refractivity contribution in [3.8, 4) is 5.75 Å². The van der Waals surface area contributed by atoms with Crippen LogP contribution in [0.3, 0.4) is 0 Å². The second-order valence-electron chi connectivity index (χ2n) is 11.4. The molecule has 43 heavy (non-hydrogen) atoms. The third kappa shape index (κ3) is 4.21. The van der Waals surface area contributed by atoms with Gasteiger partial charge in [0.2, 0.25) is 11.8 Å². The van der Waals surface area contributed by atoms with Crippen LogP contribution in [0.25, 0.3) is 0 Å². The van der Waals surface area contributed by atoms with E-state index in [1.807, 2.05) is 0 Å². The molecule has 3 fully saturated rings. The van der Waals surface area contributed by atoms with E-state index in [1.54, 1.807) is 12.1 Å². The molecular formula is C29H24FN3O8S2. The fraction of sp³-hybridized carbons (Fsp3) is 0.379. The predicted molar refractivity (Wildman–Crippen MR) is 151 cm³/mol. The molecule has 0 radical (unpaired) electrons. The van der Waals surface area contributed by atoms with Crippen molar-refractivity contribution in [2.75, 3.05) is 0 Å². The van der Waals surface area contributed by atoms with E-state index in [0.717, 1.165) is 16.2 Å². The molecule has 2 saturated carbocycles. The van der Waals surface area contributed by atoms with Crippen molar-refractivity contribution in [1.82, 2.24) is 9.88 Å². The molecule has 1 aromatic heterocycles. The summed E-state index contributed by atoms with van der Waals surface area (Å²) < 4.78 is 19.6. The molecular weight excluding hydrogens is 601 g/mol. The number of nitro groups is 1. The van der Waals surface area contributed by atoms with Crippen molar-refractivity contribution in [2.45, 2.75) is 42.2 Å². The van der Waals surface area contributed by atoms with Gasteiger partial charge in [0.1, 0.15) is 24.2 Å². The highest BCUT2D eigenvalue weighted by atomic mass is 32.2. The summed E-state index contributed by atoms with van der Waals surface area (Å²) >= 11 is 2.46. The third-order valence-corrected chi connectivity index (χ3v) is 11.9. The zero-order chi connectivity index (χ0) is 30.3. The highest BCUT2D eigenvalue weighted by molar-refractivity contribution is 8.00. The summed E-state index contributed by atoms with van der Waals surface area (Å²) in [5.74, 6) is -5.03. The monoisotopic (exact) mass is 625 g/mol. The van der Waals surface area contributed by atoms with Crippen LogP contribution in [0.5, 0.6) is 5.75 Å². The van der Waals surface area contributed by atoms with Crippen LogP contribution < -0.4 is 9.61 Å². The average Bonchev–Trinajstić information content (AvgIpc) is 3.71. The molecule has 11 nitrogen and oxygen atoms in total. The maximum Gasteiger partial charge on any atom is 0.326 e. The molecule has 7 rings (SSSR count). The zero-order valence-corrected chi connectivity index (χ0v) is 24.1. The smallest absolute Gasteiger partial charge is 0.326 e. The number of aromatic nitrogens is 1. The second-order valence-corrected chi connectivity index (χ2v) is 13.6. The van der Waals surface area contributed by atoms with Crippen LogP contribution in [0, 0.1) is 45.5 Å². The number of benzene rings is 2. The Labute approximate surface area is 251 Å². The topological polar surface area (TPSA) is 160 Å². The van der Waals surface area contributed by atoms with E-state index in [4.69, 9.17) is 4.74 Å². The molecule has 2 N–H and O–H groups in total. The molecule has 0 spiro atoms. The number of aromatic amines is 1. The summed E-state index contributed by atoms with van der Waals surface area (Å²) in [4.78, 5) is 67.0. The number of thiazole rings is 1. The minimum absolute atomic E-state index is 0.0582. The van der Waals surface area contributed by atoms with Crippen LogP contribution >= 0.6 is 23.1 Å². The van der Waals surface area contributed by atoms with Crippen molar-refractivity contribution >= 4 is 46.6 Å². The van der Waals surface area contributed by atoms with Crippen molar-refractivity contribution in [3.05, 3.63) is 84.1 Å². The fourth-order valence-electron chi connectivity index (χ4n) is 7.65. The minimum atomic E-state index is -1.29. The molecule has 2 aliphatic heterocycles. The first-order chi connectivity index (χ1) is 20.5. The van der Waals surface area contributed by atoms with Gasteiger partial charge in [0.25, 0.3) is 5.69 Å². The number of hydrogen-bond acceptors (Lipinski definition) is 9. The van der Waals surface area contributed by atoms with Crippen LogP contribution in [0.15, 0.2) is 52.3 Å². The van der Waals surface area contributed by atoms with E-state index in [0.29, 0.717) is 33.2 Å². The number of halogens is 1. The highest BCUT2D eigenvalue weighted by Crippen LogP contribution is 2.69. The van der Waals surface area contributed by atoms with Gasteiger partial charge in [-0.2, -0.15) is 0 Å². The molecule has 0 unspecified atom stereocenters. The van der Waals surface area contributed by atoms with Crippen LogP contribution in [-0.4, -0.2) is 49.0 Å². The van der Waals surface area contributed by atoms with Crippen molar-refractivity contribution < 1.29 is 33.5 Å². The van der Waals surface area contributed by atoms with Gasteiger partial charge in [-0.15, -0.1) is 11.8 Å². The van der Waals surface area contributed by atoms with Crippen molar-refractivity contribution in [3.63, 3.8) is 0 Å². The van der Waals surface area contributed by atoms with Crippen LogP contribution in [-0.2, 0) is 21.0 Å². The number of H-pyrrole nitrogens is 1. The largest absolute Gasteiger partial charge is 0.489 e. The first-order valence-electron chi connectivity index (χ1n) is 13.7. The number of fused-ring (bicyclic) bond motifs is 9. The molecule has 2 aromatic carbocycles. The summed E-state index contributed by atoms with van der Waals surface area (Å²) in [6, 6.07) is 8.76. The zero-order valence-electron chi connectivity index (χ0n) is 22.5. The summed E-state index contributed by atoms with van der Waals surface area (Å²) in [6.07, 6.45) is 0.570. The molecule has 2 amide bonds. The third-order valence-electron chi connectivity index (χ3n) is 9.35. The summed E-state index contributed by atoms with van der Waals surface area (Å²) in [5.41, 5.74) is 0.998. The number of carboxylic acid groups (broad SMARTS) is 1. The van der Waals surface area contributed by atoms with E-state index in [9.17, 15) is 38.8 Å². The lowest BCUT2D eigenvalue weighted by Gasteiger charge is -2.43. The van der Waals surface area contributed by atoms with E-state index >= 15 is 0 Å². The molecule has 3 aromatic rings.